The zero-order valence-electron chi connectivity index (χ0n) is 11.5. The summed E-state index contributed by atoms with van der Waals surface area (Å²) in [5, 5.41) is 6.50. The van der Waals surface area contributed by atoms with E-state index >= 15 is 0 Å². The normalized spacial score (nSPS) is 12.6. The first-order chi connectivity index (χ1) is 10.8. The molecule has 122 valence electrons. The molecule has 23 heavy (non-hydrogen) atoms. The van der Waals surface area contributed by atoms with Gasteiger partial charge in [-0.25, -0.2) is 0 Å². The van der Waals surface area contributed by atoms with Crippen LogP contribution >= 0.6 is 58.0 Å². The quantitative estimate of drug-likeness (QED) is 0.512. The topological polar surface area (TPSA) is 41.1 Å². The summed E-state index contributed by atoms with van der Waals surface area (Å²) in [5.74, 6) is -0.432. The Morgan fingerprint density at radius 1 is 0.957 bits per heavy atom. The molecule has 0 aliphatic heterocycles. The molecule has 0 aliphatic carbocycles. The first-order valence-corrected chi connectivity index (χ1v) is 8.30. The Bertz CT molecular complexity index is 702. The lowest BCUT2D eigenvalue weighted by molar-refractivity contribution is 0.0942. The number of carbonyl (C=O) groups excluding carboxylic acids is 1. The summed E-state index contributed by atoms with van der Waals surface area (Å²) in [6.45, 7) is 0. The molecule has 0 bridgehead atoms. The van der Waals surface area contributed by atoms with E-state index in [0.29, 0.717) is 21.3 Å². The Morgan fingerprint density at radius 2 is 1.57 bits per heavy atom. The van der Waals surface area contributed by atoms with E-state index in [2.05, 4.69) is 10.6 Å². The number of halogens is 5. The van der Waals surface area contributed by atoms with Crippen LogP contribution in [-0.4, -0.2) is 15.9 Å². The fourth-order valence-corrected chi connectivity index (χ4v) is 2.50. The summed E-state index contributed by atoms with van der Waals surface area (Å²) in [5.41, 5.74) is 0.949. The molecule has 0 saturated heterocycles. The number of amides is 1. The van der Waals surface area contributed by atoms with Gasteiger partial charge in [-0.3, -0.25) is 4.79 Å². The third-order valence-electron chi connectivity index (χ3n) is 2.83. The molecule has 2 aromatic rings. The molecular weight excluding hydrogens is 401 g/mol. The van der Waals surface area contributed by atoms with Crippen molar-refractivity contribution in [1.29, 1.82) is 0 Å². The minimum atomic E-state index is -1.78. The van der Waals surface area contributed by atoms with Crippen LogP contribution in [-0.2, 0) is 0 Å². The number of hydrogen-bond donors (Lipinski definition) is 2. The van der Waals surface area contributed by atoms with E-state index < -0.39 is 15.9 Å². The Balaban J connectivity index is 2.18. The maximum Gasteiger partial charge on any atom is 0.253 e. The second-order valence-corrected chi connectivity index (χ2v) is 7.85. The van der Waals surface area contributed by atoms with Crippen LogP contribution in [0.3, 0.4) is 0 Å². The van der Waals surface area contributed by atoms with E-state index in [1.165, 1.54) is 6.07 Å². The number of nitrogens with one attached hydrogen (secondary N) is 2. The van der Waals surface area contributed by atoms with E-state index in [-0.39, 0.29) is 0 Å². The van der Waals surface area contributed by atoms with Crippen molar-refractivity contribution >= 4 is 69.6 Å². The first kappa shape index (κ1) is 18.5. The molecule has 2 rings (SSSR count). The molecule has 0 aromatic heterocycles. The zero-order chi connectivity index (χ0) is 17.0. The van der Waals surface area contributed by atoms with Crippen molar-refractivity contribution < 1.29 is 4.79 Å². The first-order valence-electron chi connectivity index (χ1n) is 6.41. The predicted molar refractivity (Wildman–Crippen MR) is 98.1 cm³/mol. The van der Waals surface area contributed by atoms with Crippen LogP contribution in [0.1, 0.15) is 10.4 Å². The second-order valence-electron chi connectivity index (χ2n) is 4.61. The van der Waals surface area contributed by atoms with E-state index in [4.69, 9.17) is 58.0 Å². The van der Waals surface area contributed by atoms with E-state index in [0.717, 1.165) is 0 Å². The summed E-state index contributed by atoms with van der Waals surface area (Å²) in [7, 11) is 0. The van der Waals surface area contributed by atoms with Crippen molar-refractivity contribution in [2.24, 2.45) is 0 Å². The second kappa shape index (κ2) is 7.82. The standard InChI is InChI=1S/C15H11Cl5N2O/c16-10-4-1-3-9(7-10)13(23)22-14(15(18,19)20)21-12-6-2-5-11(17)8-12/h1-8,14,21H,(H,22,23)/t14-/m1/s1. The maximum atomic E-state index is 12.3. The van der Waals surface area contributed by atoms with Crippen LogP contribution in [0, 0.1) is 0 Å². The van der Waals surface area contributed by atoms with Gasteiger partial charge in [-0.2, -0.15) is 0 Å². The average molecular weight is 413 g/mol. The number of rotatable bonds is 4. The fourth-order valence-electron chi connectivity index (χ4n) is 1.79. The molecule has 8 heteroatoms. The van der Waals surface area contributed by atoms with E-state index in [1.807, 2.05) is 0 Å². The van der Waals surface area contributed by atoms with Crippen molar-refractivity contribution in [2.75, 3.05) is 5.32 Å². The van der Waals surface area contributed by atoms with Crippen molar-refractivity contribution in [3.63, 3.8) is 0 Å². The zero-order valence-corrected chi connectivity index (χ0v) is 15.3. The van der Waals surface area contributed by atoms with Gasteiger partial charge in [0.15, 0.2) is 0 Å². The van der Waals surface area contributed by atoms with Crippen molar-refractivity contribution in [2.45, 2.75) is 9.96 Å². The Morgan fingerprint density at radius 3 is 2.13 bits per heavy atom. The minimum absolute atomic E-state index is 0.352. The average Bonchev–Trinajstić information content (AvgIpc) is 2.45. The van der Waals surface area contributed by atoms with Crippen LogP contribution in [0.2, 0.25) is 10.0 Å². The van der Waals surface area contributed by atoms with Crippen LogP contribution in [0.15, 0.2) is 48.5 Å². The van der Waals surface area contributed by atoms with Crippen LogP contribution in [0.5, 0.6) is 0 Å². The highest BCUT2D eigenvalue weighted by Gasteiger charge is 2.34. The Hall–Kier alpha value is -0.840. The highest BCUT2D eigenvalue weighted by molar-refractivity contribution is 6.68. The van der Waals surface area contributed by atoms with Gasteiger partial charge in [0, 0.05) is 21.3 Å². The van der Waals surface area contributed by atoms with Crippen LogP contribution in [0.4, 0.5) is 5.69 Å². The van der Waals surface area contributed by atoms with Gasteiger partial charge in [0.05, 0.1) is 0 Å². The lowest BCUT2D eigenvalue weighted by atomic mass is 10.2. The number of carbonyl (C=O) groups is 1. The van der Waals surface area contributed by atoms with Crippen molar-refractivity contribution in [3.05, 3.63) is 64.1 Å². The molecule has 0 heterocycles. The van der Waals surface area contributed by atoms with Gasteiger partial charge in [-0.15, -0.1) is 0 Å². The smallest absolute Gasteiger partial charge is 0.253 e. The van der Waals surface area contributed by atoms with Crippen LogP contribution in [0.25, 0.3) is 0 Å². The monoisotopic (exact) mass is 410 g/mol. The molecular formula is C15H11Cl5N2O. The minimum Gasteiger partial charge on any atom is -0.362 e. The molecule has 0 aliphatic rings. The summed E-state index contributed by atoms with van der Waals surface area (Å²) in [4.78, 5) is 12.3. The van der Waals surface area contributed by atoms with Crippen molar-refractivity contribution in [1.82, 2.24) is 5.32 Å². The van der Waals surface area contributed by atoms with Gasteiger partial charge in [0.2, 0.25) is 3.79 Å². The molecule has 0 spiro atoms. The summed E-state index contributed by atoms with van der Waals surface area (Å²) >= 11 is 29.6. The van der Waals surface area contributed by atoms with Crippen molar-refractivity contribution in [3.8, 4) is 0 Å². The number of hydrogen-bond acceptors (Lipinski definition) is 2. The number of alkyl halides is 3. The Labute approximate surface area is 158 Å². The summed E-state index contributed by atoms with van der Waals surface area (Å²) in [6.07, 6.45) is -0.975. The molecule has 2 aromatic carbocycles. The van der Waals surface area contributed by atoms with Gasteiger partial charge in [-0.1, -0.05) is 70.1 Å². The molecule has 1 amide bonds. The summed E-state index contributed by atoms with van der Waals surface area (Å²) in [6, 6.07) is 13.3. The molecule has 3 nitrogen and oxygen atoms in total. The van der Waals surface area contributed by atoms with Gasteiger partial charge >= 0.3 is 0 Å². The molecule has 1 atom stereocenters. The van der Waals surface area contributed by atoms with Crippen LogP contribution < -0.4 is 10.6 Å². The number of anilines is 1. The van der Waals surface area contributed by atoms with Gasteiger partial charge in [0.1, 0.15) is 6.17 Å². The SMILES string of the molecule is O=C(N[C@@H](Nc1cccc(Cl)c1)C(Cl)(Cl)Cl)c1cccc(Cl)c1. The third-order valence-corrected chi connectivity index (χ3v) is 3.95. The fraction of sp³-hybridized carbons (Fsp3) is 0.133. The van der Waals surface area contributed by atoms with E-state index in [9.17, 15) is 4.79 Å². The Kier molecular flexibility index (Phi) is 6.29. The highest BCUT2D eigenvalue weighted by Crippen LogP contribution is 2.31. The third kappa shape index (κ3) is 5.63. The summed E-state index contributed by atoms with van der Waals surface area (Å²) < 4.78 is -1.78. The molecule has 0 fully saturated rings. The lowest BCUT2D eigenvalue weighted by Gasteiger charge is -2.27. The van der Waals surface area contributed by atoms with Gasteiger partial charge < -0.3 is 10.6 Å². The molecule has 0 saturated carbocycles. The van der Waals surface area contributed by atoms with Gasteiger partial charge in [-0.05, 0) is 36.4 Å². The number of benzene rings is 2. The van der Waals surface area contributed by atoms with E-state index in [1.54, 1.807) is 42.5 Å². The molecule has 0 radical (unpaired) electrons. The van der Waals surface area contributed by atoms with Gasteiger partial charge in [0.25, 0.3) is 5.91 Å². The maximum absolute atomic E-state index is 12.3. The molecule has 0 unspecified atom stereocenters. The molecule has 2 N–H and O–H groups in total. The highest BCUT2D eigenvalue weighted by atomic mass is 35.6. The largest absolute Gasteiger partial charge is 0.362 e. The lowest BCUT2D eigenvalue weighted by Crippen LogP contribution is -2.49. The predicted octanol–water partition coefficient (Wildman–Crippen LogP) is 5.53.